The molecule has 1 aromatic carbocycles. The van der Waals surface area contributed by atoms with Crippen molar-refractivity contribution in [2.75, 3.05) is 13.1 Å². The monoisotopic (exact) mass is 377 g/mol. The Labute approximate surface area is 148 Å². The molecule has 2 N–H and O–H groups in total. The largest absolute Gasteiger partial charge is 0.328 e. The lowest BCUT2D eigenvalue weighted by atomic mass is 9.92. The third-order valence-corrected chi connectivity index (χ3v) is 6.56. The number of halogens is 1. The number of benzene rings is 1. The van der Waals surface area contributed by atoms with Gasteiger partial charge in [-0.2, -0.15) is 4.31 Å². The van der Waals surface area contributed by atoms with Crippen molar-refractivity contribution in [1.29, 1.82) is 0 Å². The van der Waals surface area contributed by atoms with Crippen LogP contribution in [-0.4, -0.2) is 36.8 Å². The van der Waals surface area contributed by atoms with Crippen LogP contribution in [0.5, 0.6) is 0 Å². The molecule has 1 atom stereocenters. The predicted octanol–water partition coefficient (Wildman–Crippen LogP) is 2.38. The molecule has 9 heteroatoms. The second kappa shape index (κ2) is 7.77. The molecule has 0 spiro atoms. The zero-order valence-electron chi connectivity index (χ0n) is 14.1. The van der Waals surface area contributed by atoms with Gasteiger partial charge in [0.15, 0.2) is 4.90 Å². The van der Waals surface area contributed by atoms with Crippen LogP contribution in [0.15, 0.2) is 17.0 Å². The Balaban J connectivity index is 0.00000288. The zero-order valence-corrected chi connectivity index (χ0v) is 15.7. The standard InChI is InChI=1S/C15H23N3O4S.ClH/c1-10-8-14(18(19)20)15(9-11(10)2)23(21,22)17-6-4-13(5-7-17)12(3)16;/h8-9,12-13H,4-7,16H2,1-3H3;1H. The minimum absolute atomic E-state index is 0. The lowest BCUT2D eigenvalue weighted by Crippen LogP contribution is -2.42. The van der Waals surface area contributed by atoms with Crippen molar-refractivity contribution in [3.63, 3.8) is 0 Å². The first-order valence-electron chi connectivity index (χ1n) is 7.66. The van der Waals surface area contributed by atoms with Crippen LogP contribution in [0.25, 0.3) is 0 Å². The maximum absolute atomic E-state index is 12.8. The summed E-state index contributed by atoms with van der Waals surface area (Å²) in [6, 6.07) is 2.76. The summed E-state index contributed by atoms with van der Waals surface area (Å²) in [6.07, 6.45) is 1.35. The molecule has 0 bridgehead atoms. The number of rotatable bonds is 4. The summed E-state index contributed by atoms with van der Waals surface area (Å²) >= 11 is 0. The summed E-state index contributed by atoms with van der Waals surface area (Å²) < 4.78 is 27.0. The summed E-state index contributed by atoms with van der Waals surface area (Å²) in [4.78, 5) is 10.4. The van der Waals surface area contributed by atoms with E-state index in [1.54, 1.807) is 13.8 Å². The van der Waals surface area contributed by atoms with E-state index in [9.17, 15) is 18.5 Å². The first-order valence-corrected chi connectivity index (χ1v) is 9.10. The fourth-order valence-electron chi connectivity index (χ4n) is 2.90. The van der Waals surface area contributed by atoms with Crippen LogP contribution in [0.1, 0.15) is 30.9 Å². The number of nitro benzene ring substituents is 1. The first-order chi connectivity index (χ1) is 10.6. The van der Waals surface area contributed by atoms with Gasteiger partial charge in [0, 0.05) is 25.2 Å². The van der Waals surface area contributed by atoms with E-state index in [2.05, 4.69) is 0 Å². The van der Waals surface area contributed by atoms with Gasteiger partial charge in [-0.15, -0.1) is 12.4 Å². The number of sulfonamides is 1. The molecule has 2 rings (SSSR count). The Bertz CT molecular complexity index is 714. The third kappa shape index (κ3) is 4.05. The molecule has 136 valence electrons. The molecule has 1 unspecified atom stereocenters. The van der Waals surface area contributed by atoms with E-state index in [1.165, 1.54) is 16.4 Å². The van der Waals surface area contributed by atoms with Gasteiger partial charge in [-0.3, -0.25) is 10.1 Å². The number of hydrogen-bond acceptors (Lipinski definition) is 5. The topological polar surface area (TPSA) is 107 Å². The Kier molecular flexibility index (Phi) is 6.75. The van der Waals surface area contributed by atoms with E-state index >= 15 is 0 Å². The van der Waals surface area contributed by atoms with Gasteiger partial charge in [0.1, 0.15) is 0 Å². The van der Waals surface area contributed by atoms with Crippen LogP contribution in [-0.2, 0) is 10.0 Å². The maximum atomic E-state index is 12.8. The Morgan fingerprint density at radius 3 is 2.21 bits per heavy atom. The molecule has 7 nitrogen and oxygen atoms in total. The number of hydrogen-bond donors (Lipinski definition) is 1. The minimum Gasteiger partial charge on any atom is -0.328 e. The van der Waals surface area contributed by atoms with Gasteiger partial charge in [-0.25, -0.2) is 8.42 Å². The quantitative estimate of drug-likeness (QED) is 0.640. The molecule has 1 heterocycles. The van der Waals surface area contributed by atoms with Crippen molar-refractivity contribution >= 4 is 28.1 Å². The van der Waals surface area contributed by atoms with Crippen LogP contribution in [0.4, 0.5) is 5.69 Å². The summed E-state index contributed by atoms with van der Waals surface area (Å²) in [6.45, 7) is 6.09. The van der Waals surface area contributed by atoms with E-state index in [0.29, 0.717) is 31.5 Å². The Hall–Kier alpha value is -1.22. The highest BCUT2D eigenvalue weighted by Gasteiger charge is 2.35. The van der Waals surface area contributed by atoms with E-state index in [1.807, 2.05) is 6.92 Å². The second-order valence-electron chi connectivity index (χ2n) is 6.26. The molecule has 1 aliphatic rings. The van der Waals surface area contributed by atoms with Gasteiger partial charge < -0.3 is 5.73 Å². The number of aryl methyl sites for hydroxylation is 2. The lowest BCUT2D eigenvalue weighted by Gasteiger charge is -2.32. The first kappa shape index (κ1) is 20.8. The molecule has 0 amide bonds. The molecule has 1 aromatic rings. The molecule has 0 aromatic heterocycles. The van der Waals surface area contributed by atoms with Crippen molar-refractivity contribution in [3.05, 3.63) is 33.4 Å². The van der Waals surface area contributed by atoms with E-state index in [-0.39, 0.29) is 34.9 Å². The molecular weight excluding hydrogens is 354 g/mol. The average Bonchev–Trinajstić information content (AvgIpc) is 2.49. The van der Waals surface area contributed by atoms with E-state index in [4.69, 9.17) is 5.73 Å². The van der Waals surface area contributed by atoms with Crippen molar-refractivity contribution in [1.82, 2.24) is 4.31 Å². The molecular formula is C15H24ClN3O4S. The SMILES string of the molecule is Cc1cc([N+](=O)[O-])c(S(=O)(=O)N2CCC(C(C)N)CC2)cc1C.Cl. The van der Waals surface area contributed by atoms with Crippen molar-refractivity contribution in [2.24, 2.45) is 11.7 Å². The molecule has 24 heavy (non-hydrogen) atoms. The van der Waals surface area contributed by atoms with Gasteiger partial charge >= 0.3 is 0 Å². The molecule has 1 fully saturated rings. The number of piperidine rings is 1. The van der Waals surface area contributed by atoms with Gasteiger partial charge in [-0.1, -0.05) is 0 Å². The molecule has 0 saturated carbocycles. The zero-order chi connectivity index (χ0) is 17.4. The maximum Gasteiger partial charge on any atom is 0.289 e. The van der Waals surface area contributed by atoms with Crippen molar-refractivity contribution < 1.29 is 13.3 Å². The van der Waals surface area contributed by atoms with Crippen LogP contribution in [0.3, 0.4) is 0 Å². The van der Waals surface area contributed by atoms with E-state index in [0.717, 1.165) is 5.56 Å². The van der Waals surface area contributed by atoms with Crippen molar-refractivity contribution in [3.8, 4) is 0 Å². The van der Waals surface area contributed by atoms with Crippen LogP contribution >= 0.6 is 12.4 Å². The molecule has 1 aliphatic heterocycles. The Morgan fingerprint density at radius 1 is 1.25 bits per heavy atom. The minimum atomic E-state index is -3.88. The number of nitrogens with zero attached hydrogens (tertiary/aromatic N) is 2. The Morgan fingerprint density at radius 2 is 1.75 bits per heavy atom. The lowest BCUT2D eigenvalue weighted by molar-refractivity contribution is -0.387. The van der Waals surface area contributed by atoms with Crippen LogP contribution in [0, 0.1) is 29.9 Å². The molecule has 1 saturated heterocycles. The molecule has 0 aliphatic carbocycles. The normalized spacial score (nSPS) is 18.0. The number of nitrogens with two attached hydrogens (primary N) is 1. The van der Waals surface area contributed by atoms with Crippen LogP contribution in [0.2, 0.25) is 0 Å². The highest BCUT2D eigenvalue weighted by molar-refractivity contribution is 7.89. The van der Waals surface area contributed by atoms with Gasteiger partial charge in [0.2, 0.25) is 10.0 Å². The van der Waals surface area contributed by atoms with Crippen LogP contribution < -0.4 is 5.73 Å². The highest BCUT2D eigenvalue weighted by Crippen LogP contribution is 2.32. The predicted molar refractivity (Wildman–Crippen MR) is 95.0 cm³/mol. The van der Waals surface area contributed by atoms with Crippen molar-refractivity contribution in [2.45, 2.75) is 44.6 Å². The summed E-state index contributed by atoms with van der Waals surface area (Å²) in [5.74, 6) is 0.288. The van der Waals surface area contributed by atoms with Gasteiger partial charge in [0.25, 0.3) is 5.69 Å². The highest BCUT2D eigenvalue weighted by atomic mass is 35.5. The van der Waals surface area contributed by atoms with E-state index < -0.39 is 14.9 Å². The number of nitro groups is 1. The van der Waals surface area contributed by atoms with Gasteiger partial charge in [-0.05, 0) is 56.7 Å². The summed E-state index contributed by atoms with van der Waals surface area (Å²) in [5, 5.41) is 11.3. The summed E-state index contributed by atoms with van der Waals surface area (Å²) in [5.41, 5.74) is 6.94. The molecule has 0 radical (unpaired) electrons. The fourth-order valence-corrected chi connectivity index (χ4v) is 4.60. The fraction of sp³-hybridized carbons (Fsp3) is 0.600. The second-order valence-corrected chi connectivity index (χ2v) is 8.17. The average molecular weight is 378 g/mol. The summed E-state index contributed by atoms with van der Waals surface area (Å²) in [7, 11) is -3.88. The smallest absolute Gasteiger partial charge is 0.289 e. The third-order valence-electron chi connectivity index (χ3n) is 4.63. The van der Waals surface area contributed by atoms with Gasteiger partial charge in [0.05, 0.1) is 4.92 Å².